The van der Waals surface area contributed by atoms with Gasteiger partial charge in [-0.1, -0.05) is 32.3 Å². The van der Waals surface area contributed by atoms with Crippen LogP contribution in [0.15, 0.2) is 30.6 Å². The van der Waals surface area contributed by atoms with Crippen LogP contribution in [0.5, 0.6) is 0 Å². The molecule has 2 fully saturated rings. The van der Waals surface area contributed by atoms with Gasteiger partial charge in [0.2, 0.25) is 5.91 Å². The number of fused-ring (bicyclic) bond motifs is 1. The average molecular weight is 383 g/mol. The summed E-state index contributed by atoms with van der Waals surface area (Å²) in [4.78, 5) is 22.2. The van der Waals surface area contributed by atoms with E-state index in [2.05, 4.69) is 27.3 Å². The molecule has 0 radical (unpaired) electrons. The van der Waals surface area contributed by atoms with Crippen molar-refractivity contribution in [3.05, 3.63) is 36.3 Å². The number of rotatable bonds is 6. The molecule has 28 heavy (non-hydrogen) atoms. The Labute approximate surface area is 168 Å². The fourth-order valence-electron chi connectivity index (χ4n) is 4.87. The van der Waals surface area contributed by atoms with Crippen LogP contribution in [0.2, 0.25) is 0 Å². The molecule has 5 nitrogen and oxygen atoms in total. The van der Waals surface area contributed by atoms with Gasteiger partial charge in [0.15, 0.2) is 0 Å². The van der Waals surface area contributed by atoms with Crippen LogP contribution in [0.25, 0.3) is 5.65 Å². The van der Waals surface area contributed by atoms with E-state index < -0.39 is 0 Å². The SMILES string of the molecule is CCCCC1CCC(C(=O)N2CCN(Cc3cn4ccccc4n3)CC2)CC1. The highest BCUT2D eigenvalue weighted by atomic mass is 16.2. The quantitative estimate of drug-likeness (QED) is 0.759. The second kappa shape index (κ2) is 9.08. The number of carbonyl (C=O) groups excluding carboxylic acids is 1. The Hall–Kier alpha value is -1.88. The van der Waals surface area contributed by atoms with E-state index in [4.69, 9.17) is 4.98 Å². The third-order valence-corrected chi connectivity index (χ3v) is 6.65. The molecule has 0 bridgehead atoms. The topological polar surface area (TPSA) is 40.9 Å². The highest BCUT2D eigenvalue weighted by Crippen LogP contribution is 2.33. The number of carbonyl (C=O) groups is 1. The number of hydrogen-bond acceptors (Lipinski definition) is 3. The highest BCUT2D eigenvalue weighted by molar-refractivity contribution is 5.79. The maximum atomic E-state index is 12.9. The Morgan fingerprint density at radius 3 is 2.61 bits per heavy atom. The van der Waals surface area contributed by atoms with Crippen molar-refractivity contribution in [2.45, 2.75) is 58.4 Å². The Morgan fingerprint density at radius 2 is 1.89 bits per heavy atom. The molecule has 5 heteroatoms. The molecule has 2 aromatic heterocycles. The zero-order valence-corrected chi connectivity index (χ0v) is 17.2. The first-order valence-electron chi connectivity index (χ1n) is 11.2. The van der Waals surface area contributed by atoms with Gasteiger partial charge in [-0.25, -0.2) is 4.98 Å². The van der Waals surface area contributed by atoms with Gasteiger partial charge in [-0.2, -0.15) is 0 Å². The monoisotopic (exact) mass is 382 g/mol. The average Bonchev–Trinajstić information content (AvgIpc) is 3.15. The number of hydrogen-bond donors (Lipinski definition) is 0. The second-order valence-electron chi connectivity index (χ2n) is 8.66. The fourth-order valence-corrected chi connectivity index (χ4v) is 4.87. The molecule has 0 aromatic carbocycles. The van der Waals surface area contributed by atoms with Crippen LogP contribution in [0.4, 0.5) is 0 Å². The predicted molar refractivity (Wildman–Crippen MR) is 112 cm³/mol. The van der Waals surface area contributed by atoms with E-state index in [-0.39, 0.29) is 5.92 Å². The normalized spacial score (nSPS) is 24.0. The molecule has 4 rings (SSSR count). The molecule has 152 valence electrons. The maximum absolute atomic E-state index is 12.9. The summed E-state index contributed by atoms with van der Waals surface area (Å²) in [7, 11) is 0. The molecule has 0 N–H and O–H groups in total. The van der Waals surface area contributed by atoms with E-state index >= 15 is 0 Å². The Morgan fingerprint density at radius 1 is 1.11 bits per heavy atom. The summed E-state index contributed by atoms with van der Waals surface area (Å²) in [6, 6.07) is 6.09. The molecule has 1 aliphatic carbocycles. The minimum atomic E-state index is 0.280. The van der Waals surface area contributed by atoms with E-state index in [0.29, 0.717) is 5.91 Å². The van der Waals surface area contributed by atoms with Gasteiger partial charge in [0, 0.05) is 51.0 Å². The van der Waals surface area contributed by atoms with Crippen LogP contribution in [0.3, 0.4) is 0 Å². The van der Waals surface area contributed by atoms with Gasteiger partial charge in [-0.15, -0.1) is 0 Å². The fraction of sp³-hybridized carbons (Fsp3) is 0.652. The van der Waals surface area contributed by atoms with Crippen molar-refractivity contribution in [3.63, 3.8) is 0 Å². The molecular weight excluding hydrogens is 348 g/mol. The first-order valence-corrected chi connectivity index (χ1v) is 11.2. The number of piperazine rings is 1. The molecule has 1 saturated carbocycles. The number of imidazole rings is 1. The Kier molecular flexibility index (Phi) is 6.30. The molecular formula is C23H34N4O. The molecule has 1 amide bonds. The van der Waals surface area contributed by atoms with Crippen LogP contribution in [0.1, 0.15) is 57.6 Å². The molecule has 2 aliphatic rings. The van der Waals surface area contributed by atoms with Crippen LogP contribution >= 0.6 is 0 Å². The van der Waals surface area contributed by atoms with Crippen molar-refractivity contribution in [2.24, 2.45) is 11.8 Å². The molecule has 0 unspecified atom stereocenters. The summed E-state index contributed by atoms with van der Waals surface area (Å²) in [6.45, 7) is 6.76. The van der Waals surface area contributed by atoms with Gasteiger partial charge in [0.25, 0.3) is 0 Å². The van der Waals surface area contributed by atoms with Crippen molar-refractivity contribution < 1.29 is 4.79 Å². The molecule has 1 saturated heterocycles. The number of nitrogens with zero attached hydrogens (tertiary/aromatic N) is 4. The Bertz CT molecular complexity index is 737. The van der Waals surface area contributed by atoms with Crippen molar-refractivity contribution in [1.82, 2.24) is 19.2 Å². The lowest BCUT2D eigenvalue weighted by molar-refractivity contribution is -0.138. The van der Waals surface area contributed by atoms with Gasteiger partial charge >= 0.3 is 0 Å². The third kappa shape index (κ3) is 4.57. The third-order valence-electron chi connectivity index (χ3n) is 6.65. The molecule has 1 aliphatic heterocycles. The smallest absolute Gasteiger partial charge is 0.225 e. The van der Waals surface area contributed by atoms with E-state index in [1.54, 1.807) is 0 Å². The van der Waals surface area contributed by atoms with Gasteiger partial charge in [-0.05, 0) is 43.7 Å². The lowest BCUT2D eigenvalue weighted by Gasteiger charge is -2.37. The van der Waals surface area contributed by atoms with E-state index in [1.165, 1.54) is 32.1 Å². The van der Waals surface area contributed by atoms with Crippen LogP contribution in [0, 0.1) is 11.8 Å². The zero-order valence-electron chi connectivity index (χ0n) is 17.2. The van der Waals surface area contributed by atoms with Crippen LogP contribution in [-0.2, 0) is 11.3 Å². The lowest BCUT2D eigenvalue weighted by atomic mass is 9.79. The highest BCUT2D eigenvalue weighted by Gasteiger charge is 2.31. The number of amides is 1. The number of pyridine rings is 1. The predicted octanol–water partition coefficient (Wildman–Crippen LogP) is 3.98. The summed E-state index contributed by atoms with van der Waals surface area (Å²) in [5.74, 6) is 1.57. The molecule has 2 aromatic rings. The first-order chi connectivity index (χ1) is 13.7. The lowest BCUT2D eigenvalue weighted by Crippen LogP contribution is -2.50. The molecule has 3 heterocycles. The van der Waals surface area contributed by atoms with Crippen molar-refractivity contribution in [1.29, 1.82) is 0 Å². The van der Waals surface area contributed by atoms with Gasteiger partial charge < -0.3 is 9.30 Å². The summed E-state index contributed by atoms with van der Waals surface area (Å²) in [5, 5.41) is 0. The largest absolute Gasteiger partial charge is 0.340 e. The van der Waals surface area contributed by atoms with Crippen molar-refractivity contribution in [3.8, 4) is 0 Å². The summed E-state index contributed by atoms with van der Waals surface area (Å²) in [5.41, 5.74) is 2.11. The standard InChI is InChI=1S/C23H34N4O/c1-2-3-6-19-8-10-20(11-9-19)23(28)26-15-13-25(14-16-26)17-21-18-27-12-5-4-7-22(27)24-21/h4-5,7,12,18-20H,2-3,6,8-11,13-17H2,1H3. The van der Waals surface area contributed by atoms with E-state index in [9.17, 15) is 4.79 Å². The van der Waals surface area contributed by atoms with Gasteiger partial charge in [0.05, 0.1) is 5.69 Å². The first kappa shape index (κ1) is 19.4. The second-order valence-corrected chi connectivity index (χ2v) is 8.66. The van der Waals surface area contributed by atoms with Gasteiger partial charge in [-0.3, -0.25) is 9.69 Å². The van der Waals surface area contributed by atoms with E-state index in [0.717, 1.165) is 62.8 Å². The van der Waals surface area contributed by atoms with Crippen molar-refractivity contribution in [2.75, 3.05) is 26.2 Å². The van der Waals surface area contributed by atoms with Crippen LogP contribution in [-0.4, -0.2) is 51.3 Å². The Balaban J connectivity index is 1.23. The minimum Gasteiger partial charge on any atom is -0.340 e. The zero-order chi connectivity index (χ0) is 19.3. The maximum Gasteiger partial charge on any atom is 0.225 e. The van der Waals surface area contributed by atoms with Crippen LogP contribution < -0.4 is 0 Å². The summed E-state index contributed by atoms with van der Waals surface area (Å²) in [6.07, 6.45) is 12.9. The summed E-state index contributed by atoms with van der Waals surface area (Å²) < 4.78 is 2.08. The van der Waals surface area contributed by atoms with Gasteiger partial charge in [0.1, 0.15) is 5.65 Å². The minimum absolute atomic E-state index is 0.280. The number of aromatic nitrogens is 2. The molecule has 0 spiro atoms. The van der Waals surface area contributed by atoms with E-state index in [1.807, 2.05) is 24.4 Å². The van der Waals surface area contributed by atoms with Crippen molar-refractivity contribution >= 4 is 11.6 Å². The number of unbranched alkanes of at least 4 members (excludes halogenated alkanes) is 1. The molecule has 0 atom stereocenters. The summed E-state index contributed by atoms with van der Waals surface area (Å²) >= 11 is 0.